The third-order valence-corrected chi connectivity index (χ3v) is 2.20. The number of rotatable bonds is 0. The van der Waals surface area contributed by atoms with Crippen molar-refractivity contribution in [2.75, 3.05) is 6.54 Å². The average molecular weight is 128 g/mol. The topological polar surface area (TPSA) is 38.0 Å². The summed E-state index contributed by atoms with van der Waals surface area (Å²) in [4.78, 5) is 0. The van der Waals surface area contributed by atoms with Gasteiger partial charge in [0.15, 0.2) is 0 Å². The predicted octanol–water partition coefficient (Wildman–Crippen LogP) is 0.476. The minimum Gasteiger partial charge on any atom is -0.326 e. The van der Waals surface area contributed by atoms with Gasteiger partial charge >= 0.3 is 0 Å². The molecule has 2 heteroatoms. The van der Waals surface area contributed by atoms with Gasteiger partial charge in [-0.05, 0) is 33.2 Å². The summed E-state index contributed by atoms with van der Waals surface area (Å²) in [6.45, 7) is 5.45. The molecule has 1 fully saturated rings. The Morgan fingerprint density at radius 3 is 2.56 bits per heavy atom. The summed E-state index contributed by atoms with van der Waals surface area (Å²) in [6.07, 6.45) is 2.39. The first-order chi connectivity index (χ1) is 4.13. The zero-order valence-corrected chi connectivity index (χ0v) is 6.28. The van der Waals surface area contributed by atoms with Crippen LogP contribution in [0.2, 0.25) is 0 Å². The first-order valence-electron chi connectivity index (χ1n) is 3.63. The van der Waals surface area contributed by atoms with E-state index in [2.05, 4.69) is 19.2 Å². The maximum Gasteiger partial charge on any atom is 0.0276 e. The molecule has 2 nitrogen and oxygen atoms in total. The lowest BCUT2D eigenvalue weighted by Gasteiger charge is -2.37. The Morgan fingerprint density at radius 1 is 1.56 bits per heavy atom. The van der Waals surface area contributed by atoms with Crippen LogP contribution < -0.4 is 11.1 Å². The minimum atomic E-state index is 0.165. The molecular formula is C7H16N2. The zero-order valence-electron chi connectivity index (χ0n) is 6.28. The summed E-state index contributed by atoms with van der Waals surface area (Å²) in [7, 11) is 0. The second-order valence-electron chi connectivity index (χ2n) is 3.40. The first kappa shape index (κ1) is 7.03. The van der Waals surface area contributed by atoms with E-state index in [9.17, 15) is 0 Å². The van der Waals surface area contributed by atoms with Gasteiger partial charge in [0.25, 0.3) is 0 Å². The van der Waals surface area contributed by atoms with E-state index >= 15 is 0 Å². The highest BCUT2D eigenvalue weighted by Gasteiger charge is 2.28. The molecule has 9 heavy (non-hydrogen) atoms. The lowest BCUT2D eigenvalue weighted by molar-refractivity contribution is 0.260. The van der Waals surface area contributed by atoms with Crippen LogP contribution in [0.5, 0.6) is 0 Å². The van der Waals surface area contributed by atoms with Crippen LogP contribution in [-0.4, -0.2) is 18.1 Å². The Kier molecular flexibility index (Phi) is 1.78. The molecule has 0 aromatic heterocycles. The molecule has 54 valence electrons. The van der Waals surface area contributed by atoms with E-state index in [-0.39, 0.29) is 5.54 Å². The summed E-state index contributed by atoms with van der Waals surface area (Å²) in [6, 6.07) is 0.339. The second-order valence-corrected chi connectivity index (χ2v) is 3.40. The summed E-state index contributed by atoms with van der Waals surface area (Å²) >= 11 is 0. The Hall–Kier alpha value is -0.0800. The molecule has 0 saturated carbocycles. The number of nitrogens with one attached hydrogen (secondary N) is 1. The molecule has 1 unspecified atom stereocenters. The van der Waals surface area contributed by atoms with Gasteiger partial charge < -0.3 is 11.1 Å². The number of hydrogen-bond acceptors (Lipinski definition) is 2. The van der Waals surface area contributed by atoms with E-state index in [1.54, 1.807) is 0 Å². The normalized spacial score (nSPS) is 34.3. The predicted molar refractivity (Wildman–Crippen MR) is 39.3 cm³/mol. The summed E-state index contributed by atoms with van der Waals surface area (Å²) in [5, 5.41) is 3.38. The monoisotopic (exact) mass is 128 g/mol. The maximum absolute atomic E-state index is 5.85. The van der Waals surface area contributed by atoms with Crippen molar-refractivity contribution in [1.82, 2.24) is 5.32 Å². The van der Waals surface area contributed by atoms with E-state index < -0.39 is 0 Å². The standard InChI is InChI=1S/C7H16N2/c1-7(2)6(8)4-3-5-9-7/h6,9H,3-5,8H2,1-2H3. The fourth-order valence-electron chi connectivity index (χ4n) is 1.22. The third-order valence-electron chi connectivity index (χ3n) is 2.20. The molecule has 1 saturated heterocycles. The molecule has 0 aromatic carbocycles. The summed E-state index contributed by atoms with van der Waals surface area (Å²) in [5.41, 5.74) is 6.01. The van der Waals surface area contributed by atoms with Gasteiger partial charge in [-0.2, -0.15) is 0 Å². The van der Waals surface area contributed by atoms with Crippen molar-refractivity contribution in [2.24, 2.45) is 5.73 Å². The van der Waals surface area contributed by atoms with Gasteiger partial charge in [0, 0.05) is 11.6 Å². The molecule has 1 heterocycles. The highest BCUT2D eigenvalue weighted by atomic mass is 15.0. The molecule has 0 bridgehead atoms. The van der Waals surface area contributed by atoms with Gasteiger partial charge in [-0.15, -0.1) is 0 Å². The Labute approximate surface area is 56.8 Å². The molecule has 0 amide bonds. The van der Waals surface area contributed by atoms with E-state index in [0.717, 1.165) is 6.54 Å². The number of nitrogens with two attached hydrogens (primary N) is 1. The lowest BCUT2D eigenvalue weighted by Crippen LogP contribution is -2.57. The molecule has 0 aromatic rings. The van der Waals surface area contributed by atoms with Crippen molar-refractivity contribution in [3.8, 4) is 0 Å². The van der Waals surface area contributed by atoms with Crippen LogP contribution in [0.3, 0.4) is 0 Å². The second kappa shape index (κ2) is 2.27. The largest absolute Gasteiger partial charge is 0.326 e. The van der Waals surface area contributed by atoms with Gasteiger partial charge in [0.1, 0.15) is 0 Å². The lowest BCUT2D eigenvalue weighted by atomic mass is 9.88. The molecule has 3 N–H and O–H groups in total. The van der Waals surface area contributed by atoms with Crippen LogP contribution in [0.1, 0.15) is 26.7 Å². The molecule has 1 aliphatic heterocycles. The Bertz CT molecular complexity index is 99.1. The van der Waals surface area contributed by atoms with Gasteiger partial charge in [-0.1, -0.05) is 0 Å². The van der Waals surface area contributed by atoms with Crippen LogP contribution in [0.4, 0.5) is 0 Å². The van der Waals surface area contributed by atoms with E-state index in [1.165, 1.54) is 12.8 Å². The van der Waals surface area contributed by atoms with Gasteiger partial charge in [-0.25, -0.2) is 0 Å². The minimum absolute atomic E-state index is 0.165. The van der Waals surface area contributed by atoms with E-state index in [1.807, 2.05) is 0 Å². The number of hydrogen-bond donors (Lipinski definition) is 2. The van der Waals surface area contributed by atoms with Crippen molar-refractivity contribution >= 4 is 0 Å². The van der Waals surface area contributed by atoms with E-state index in [0.29, 0.717) is 6.04 Å². The zero-order chi connectivity index (χ0) is 6.91. The highest BCUT2D eigenvalue weighted by molar-refractivity contribution is 4.92. The molecule has 0 radical (unpaired) electrons. The van der Waals surface area contributed by atoms with Crippen LogP contribution in [0, 0.1) is 0 Å². The van der Waals surface area contributed by atoms with Gasteiger partial charge in [0.05, 0.1) is 0 Å². The fourth-order valence-corrected chi connectivity index (χ4v) is 1.22. The Balaban J connectivity index is 2.49. The molecule has 0 spiro atoms. The van der Waals surface area contributed by atoms with Crippen molar-refractivity contribution in [3.63, 3.8) is 0 Å². The molecule has 1 atom stereocenters. The molecule has 1 rings (SSSR count). The van der Waals surface area contributed by atoms with Gasteiger partial charge in [0.2, 0.25) is 0 Å². The van der Waals surface area contributed by atoms with Crippen molar-refractivity contribution in [2.45, 2.75) is 38.3 Å². The molecular weight excluding hydrogens is 112 g/mol. The van der Waals surface area contributed by atoms with Crippen LogP contribution in [0.25, 0.3) is 0 Å². The smallest absolute Gasteiger partial charge is 0.0276 e. The van der Waals surface area contributed by atoms with Crippen LogP contribution in [0.15, 0.2) is 0 Å². The van der Waals surface area contributed by atoms with Crippen molar-refractivity contribution in [1.29, 1.82) is 0 Å². The Morgan fingerprint density at radius 2 is 2.22 bits per heavy atom. The maximum atomic E-state index is 5.85. The van der Waals surface area contributed by atoms with Crippen LogP contribution in [-0.2, 0) is 0 Å². The first-order valence-corrected chi connectivity index (χ1v) is 3.63. The summed E-state index contributed by atoms with van der Waals surface area (Å²) in [5.74, 6) is 0. The molecule has 1 aliphatic rings. The fraction of sp³-hybridized carbons (Fsp3) is 1.00. The quantitative estimate of drug-likeness (QED) is 0.498. The van der Waals surface area contributed by atoms with E-state index in [4.69, 9.17) is 5.73 Å². The summed E-state index contributed by atoms with van der Waals surface area (Å²) < 4.78 is 0. The highest BCUT2D eigenvalue weighted by Crippen LogP contribution is 2.15. The van der Waals surface area contributed by atoms with Gasteiger partial charge in [-0.3, -0.25) is 0 Å². The van der Waals surface area contributed by atoms with Crippen molar-refractivity contribution < 1.29 is 0 Å². The third kappa shape index (κ3) is 1.43. The average Bonchev–Trinajstić information content (AvgIpc) is 1.77. The molecule has 0 aliphatic carbocycles. The van der Waals surface area contributed by atoms with Crippen LogP contribution >= 0.6 is 0 Å². The van der Waals surface area contributed by atoms with Crippen molar-refractivity contribution in [3.05, 3.63) is 0 Å². The SMILES string of the molecule is CC1(C)NCCCC1N. The number of piperidine rings is 1.